The summed E-state index contributed by atoms with van der Waals surface area (Å²) in [5, 5.41) is 0. The molecule has 0 aliphatic carbocycles. The summed E-state index contributed by atoms with van der Waals surface area (Å²) in [5.41, 5.74) is -0.129. The maximum absolute atomic E-state index is 10.1. The van der Waals surface area contributed by atoms with Gasteiger partial charge in [-0.15, -0.1) is 0 Å². The highest BCUT2D eigenvalue weighted by Crippen LogP contribution is 2.17. The average Bonchev–Trinajstić information content (AvgIpc) is 2.01. The number of ether oxygens (including phenoxy) is 1. The van der Waals surface area contributed by atoms with Crippen LogP contribution in [0.1, 0.15) is 46.5 Å². The molecule has 0 atom stereocenters. The Morgan fingerprint density at radius 3 is 2.50 bits per heavy atom. The van der Waals surface area contributed by atoms with Crippen molar-refractivity contribution in [2.24, 2.45) is 0 Å². The highest BCUT2D eigenvalue weighted by Gasteiger charge is 2.16. The van der Waals surface area contributed by atoms with E-state index in [1.54, 1.807) is 0 Å². The fourth-order valence-corrected chi connectivity index (χ4v) is 1.13. The normalized spacial score (nSPS) is 11.6. The van der Waals surface area contributed by atoms with E-state index in [9.17, 15) is 4.79 Å². The van der Waals surface area contributed by atoms with E-state index in [-0.39, 0.29) is 12.2 Å². The van der Waals surface area contributed by atoms with Gasteiger partial charge >= 0.3 is 0 Å². The molecule has 12 heavy (non-hydrogen) atoms. The van der Waals surface area contributed by atoms with Crippen molar-refractivity contribution >= 4 is 6.29 Å². The van der Waals surface area contributed by atoms with Crippen molar-refractivity contribution in [2.45, 2.75) is 52.1 Å². The Kier molecular flexibility index (Phi) is 5.99. The molecule has 0 aliphatic rings. The van der Waals surface area contributed by atoms with Crippen molar-refractivity contribution in [3.63, 3.8) is 0 Å². The zero-order valence-electron chi connectivity index (χ0n) is 8.43. The minimum absolute atomic E-state index is 0.129. The van der Waals surface area contributed by atoms with Crippen molar-refractivity contribution in [1.29, 1.82) is 0 Å². The van der Waals surface area contributed by atoms with E-state index in [1.165, 1.54) is 19.3 Å². The lowest BCUT2D eigenvalue weighted by Gasteiger charge is -2.23. The number of hydrogen-bond acceptors (Lipinski definition) is 2. The van der Waals surface area contributed by atoms with Crippen molar-refractivity contribution in [3.8, 4) is 0 Å². The van der Waals surface area contributed by atoms with E-state index in [0.717, 1.165) is 12.7 Å². The van der Waals surface area contributed by atoms with E-state index in [0.29, 0.717) is 0 Å². The Morgan fingerprint density at radius 2 is 2.00 bits per heavy atom. The number of carbonyl (C=O) groups is 1. The summed E-state index contributed by atoms with van der Waals surface area (Å²) in [6, 6.07) is 0. The fourth-order valence-electron chi connectivity index (χ4n) is 1.13. The highest BCUT2D eigenvalue weighted by atomic mass is 16.5. The lowest BCUT2D eigenvalue weighted by molar-refractivity contribution is -0.117. The highest BCUT2D eigenvalue weighted by molar-refractivity contribution is 5.50. The SMILES string of the molecule is CCCCCC(C)(C)OCC=O. The Hall–Kier alpha value is -0.370. The van der Waals surface area contributed by atoms with Gasteiger partial charge in [0.1, 0.15) is 12.9 Å². The second-order valence-corrected chi connectivity index (χ2v) is 3.69. The second-order valence-electron chi connectivity index (χ2n) is 3.69. The molecule has 0 bridgehead atoms. The first-order valence-electron chi connectivity index (χ1n) is 4.70. The summed E-state index contributed by atoms with van der Waals surface area (Å²) in [7, 11) is 0. The largest absolute Gasteiger partial charge is 0.368 e. The third kappa shape index (κ3) is 6.35. The van der Waals surface area contributed by atoms with Crippen LogP contribution in [-0.2, 0) is 9.53 Å². The minimum Gasteiger partial charge on any atom is -0.368 e. The molecule has 0 fully saturated rings. The number of unbranched alkanes of at least 4 members (excludes halogenated alkanes) is 2. The molecular formula is C10H20O2. The molecule has 0 heterocycles. The number of rotatable bonds is 7. The predicted octanol–water partition coefficient (Wildman–Crippen LogP) is 2.56. The smallest absolute Gasteiger partial charge is 0.145 e. The maximum atomic E-state index is 10.1. The second kappa shape index (κ2) is 6.18. The molecule has 0 N–H and O–H groups in total. The number of hydrogen-bond donors (Lipinski definition) is 0. The van der Waals surface area contributed by atoms with Crippen LogP contribution in [0.25, 0.3) is 0 Å². The average molecular weight is 172 g/mol. The maximum Gasteiger partial charge on any atom is 0.145 e. The summed E-state index contributed by atoms with van der Waals surface area (Å²) < 4.78 is 5.36. The standard InChI is InChI=1S/C10H20O2/c1-4-5-6-7-10(2,3)12-9-8-11/h8H,4-7,9H2,1-3H3. The minimum atomic E-state index is -0.129. The van der Waals surface area contributed by atoms with Crippen molar-refractivity contribution < 1.29 is 9.53 Å². The molecule has 0 amide bonds. The van der Waals surface area contributed by atoms with Crippen molar-refractivity contribution in [2.75, 3.05) is 6.61 Å². The first-order chi connectivity index (χ1) is 5.62. The molecule has 0 aromatic carbocycles. The molecular weight excluding hydrogens is 152 g/mol. The van der Waals surface area contributed by atoms with Crippen LogP contribution in [-0.4, -0.2) is 18.5 Å². The molecule has 0 spiro atoms. The lowest BCUT2D eigenvalue weighted by Crippen LogP contribution is -2.25. The Balaban J connectivity index is 3.48. The summed E-state index contributed by atoms with van der Waals surface area (Å²) in [6.07, 6.45) is 5.50. The van der Waals surface area contributed by atoms with Crippen LogP contribution in [0.3, 0.4) is 0 Å². The monoisotopic (exact) mass is 172 g/mol. The van der Waals surface area contributed by atoms with Gasteiger partial charge in [-0.2, -0.15) is 0 Å². The number of aldehydes is 1. The topological polar surface area (TPSA) is 26.3 Å². The fraction of sp³-hybridized carbons (Fsp3) is 0.900. The Labute approximate surface area is 75.3 Å². The lowest BCUT2D eigenvalue weighted by atomic mass is 10.0. The van der Waals surface area contributed by atoms with E-state index in [2.05, 4.69) is 6.92 Å². The Morgan fingerprint density at radius 1 is 1.33 bits per heavy atom. The van der Waals surface area contributed by atoms with Crippen LogP contribution in [0.4, 0.5) is 0 Å². The molecule has 0 unspecified atom stereocenters. The Bertz CT molecular complexity index is 119. The summed E-state index contributed by atoms with van der Waals surface area (Å²) in [6.45, 7) is 6.47. The zero-order chi connectivity index (χ0) is 9.45. The van der Waals surface area contributed by atoms with Gasteiger partial charge < -0.3 is 9.53 Å². The van der Waals surface area contributed by atoms with Crippen LogP contribution in [0.15, 0.2) is 0 Å². The van der Waals surface area contributed by atoms with Gasteiger partial charge in [-0.25, -0.2) is 0 Å². The molecule has 0 radical (unpaired) electrons. The first-order valence-corrected chi connectivity index (χ1v) is 4.70. The third-order valence-corrected chi connectivity index (χ3v) is 1.92. The van der Waals surface area contributed by atoms with Gasteiger partial charge in [0.05, 0.1) is 5.60 Å². The van der Waals surface area contributed by atoms with Crippen molar-refractivity contribution in [1.82, 2.24) is 0 Å². The zero-order valence-corrected chi connectivity index (χ0v) is 8.43. The van der Waals surface area contributed by atoms with E-state index < -0.39 is 0 Å². The molecule has 0 aromatic heterocycles. The molecule has 0 aromatic rings. The molecule has 0 saturated carbocycles. The van der Waals surface area contributed by atoms with Crippen LogP contribution in [0.2, 0.25) is 0 Å². The summed E-state index contributed by atoms with van der Waals surface area (Å²) in [5.74, 6) is 0. The van der Waals surface area contributed by atoms with Gasteiger partial charge in [0.15, 0.2) is 0 Å². The molecule has 0 saturated heterocycles. The summed E-state index contributed by atoms with van der Waals surface area (Å²) >= 11 is 0. The molecule has 0 aliphatic heterocycles. The molecule has 72 valence electrons. The first kappa shape index (κ1) is 11.6. The van der Waals surface area contributed by atoms with Crippen LogP contribution in [0.5, 0.6) is 0 Å². The van der Waals surface area contributed by atoms with Gasteiger partial charge in [-0.1, -0.05) is 26.2 Å². The molecule has 2 nitrogen and oxygen atoms in total. The van der Waals surface area contributed by atoms with Gasteiger partial charge in [0.25, 0.3) is 0 Å². The van der Waals surface area contributed by atoms with Gasteiger partial charge in [-0.05, 0) is 20.3 Å². The molecule has 2 heteroatoms. The van der Waals surface area contributed by atoms with Crippen LogP contribution >= 0.6 is 0 Å². The third-order valence-electron chi connectivity index (χ3n) is 1.92. The summed E-state index contributed by atoms with van der Waals surface area (Å²) in [4.78, 5) is 10.1. The van der Waals surface area contributed by atoms with E-state index >= 15 is 0 Å². The quantitative estimate of drug-likeness (QED) is 0.436. The predicted molar refractivity (Wildman–Crippen MR) is 50.2 cm³/mol. The van der Waals surface area contributed by atoms with Gasteiger partial charge in [0, 0.05) is 0 Å². The van der Waals surface area contributed by atoms with Crippen LogP contribution in [0, 0.1) is 0 Å². The van der Waals surface area contributed by atoms with E-state index in [1.807, 2.05) is 13.8 Å². The van der Waals surface area contributed by atoms with Gasteiger partial charge in [0.2, 0.25) is 0 Å². The number of carbonyl (C=O) groups excluding carboxylic acids is 1. The van der Waals surface area contributed by atoms with Gasteiger partial charge in [-0.3, -0.25) is 0 Å². The molecule has 0 rings (SSSR count). The van der Waals surface area contributed by atoms with Crippen LogP contribution < -0.4 is 0 Å². The van der Waals surface area contributed by atoms with Crippen molar-refractivity contribution in [3.05, 3.63) is 0 Å². The van der Waals surface area contributed by atoms with E-state index in [4.69, 9.17) is 4.74 Å².